The highest BCUT2D eigenvalue weighted by molar-refractivity contribution is 5.33. The Morgan fingerprint density at radius 1 is 1.50 bits per heavy atom. The minimum atomic E-state index is -0.620. The van der Waals surface area contributed by atoms with Gasteiger partial charge in [-0.3, -0.25) is 4.90 Å². The molecule has 1 aliphatic heterocycles. The molecule has 2 rings (SSSR count). The Labute approximate surface area is 93.7 Å². The van der Waals surface area contributed by atoms with Gasteiger partial charge in [0, 0.05) is 19.6 Å². The number of hydrogen-bond donors (Lipinski definition) is 1. The zero-order valence-corrected chi connectivity index (χ0v) is 9.07. The summed E-state index contributed by atoms with van der Waals surface area (Å²) < 4.78 is 13.1. The monoisotopic (exact) mass is 220 g/mol. The summed E-state index contributed by atoms with van der Waals surface area (Å²) in [7, 11) is 0. The number of hydrogen-bond acceptors (Lipinski definition) is 3. The molecule has 1 aliphatic rings. The fourth-order valence-electron chi connectivity index (χ4n) is 2.09. The Morgan fingerprint density at radius 3 is 2.75 bits per heavy atom. The SMILES string of the molecule is CC1(O)CN(Cc2cc(F)cc(C#N)c2)C1. The molecule has 1 fully saturated rings. The van der Waals surface area contributed by atoms with Crippen LogP contribution in [0.5, 0.6) is 0 Å². The third-order valence-corrected chi connectivity index (χ3v) is 2.62. The zero-order valence-electron chi connectivity index (χ0n) is 9.07. The van der Waals surface area contributed by atoms with Gasteiger partial charge in [0.1, 0.15) is 5.82 Å². The van der Waals surface area contributed by atoms with Crippen LogP contribution in [0.2, 0.25) is 0 Å². The zero-order chi connectivity index (χ0) is 11.8. The van der Waals surface area contributed by atoms with Crippen LogP contribution in [-0.4, -0.2) is 28.7 Å². The van der Waals surface area contributed by atoms with Crippen LogP contribution in [0.4, 0.5) is 4.39 Å². The summed E-state index contributed by atoms with van der Waals surface area (Å²) in [6.45, 7) is 3.52. The fraction of sp³-hybridized carbons (Fsp3) is 0.417. The molecule has 0 saturated carbocycles. The normalized spacial score (nSPS) is 18.9. The first-order valence-corrected chi connectivity index (χ1v) is 5.13. The molecule has 0 radical (unpaired) electrons. The summed E-state index contributed by atoms with van der Waals surface area (Å²) in [6, 6.07) is 6.25. The third-order valence-electron chi connectivity index (χ3n) is 2.62. The maximum Gasteiger partial charge on any atom is 0.124 e. The molecule has 0 unspecified atom stereocenters. The molecule has 1 heterocycles. The number of benzene rings is 1. The Hall–Kier alpha value is -1.44. The van der Waals surface area contributed by atoms with Crippen molar-refractivity contribution in [3.8, 4) is 6.07 Å². The van der Waals surface area contributed by atoms with Crippen molar-refractivity contribution in [1.29, 1.82) is 5.26 Å². The predicted octanol–water partition coefficient (Wildman–Crippen LogP) is 1.26. The lowest BCUT2D eigenvalue weighted by molar-refractivity contribution is -0.0871. The van der Waals surface area contributed by atoms with Gasteiger partial charge < -0.3 is 5.11 Å². The van der Waals surface area contributed by atoms with Gasteiger partial charge in [-0.2, -0.15) is 5.26 Å². The Kier molecular flexibility index (Phi) is 2.66. The lowest BCUT2D eigenvalue weighted by Gasteiger charge is -2.44. The van der Waals surface area contributed by atoms with Gasteiger partial charge in [-0.15, -0.1) is 0 Å². The van der Waals surface area contributed by atoms with Crippen LogP contribution in [0.25, 0.3) is 0 Å². The summed E-state index contributed by atoms with van der Waals surface area (Å²) >= 11 is 0. The molecule has 0 spiro atoms. The van der Waals surface area contributed by atoms with Crippen molar-refractivity contribution in [2.75, 3.05) is 13.1 Å². The summed E-state index contributed by atoms with van der Waals surface area (Å²) in [5.74, 6) is -0.388. The molecule has 1 saturated heterocycles. The van der Waals surface area contributed by atoms with Crippen LogP contribution >= 0.6 is 0 Å². The second-order valence-corrected chi connectivity index (χ2v) is 4.60. The Bertz CT molecular complexity index is 443. The number of β-amino-alcohol motifs (C(OH)–C–C–N with tert-alkyl or cyclic N) is 1. The molecule has 0 bridgehead atoms. The summed E-state index contributed by atoms with van der Waals surface area (Å²) in [6.07, 6.45) is 0. The number of rotatable bonds is 2. The van der Waals surface area contributed by atoms with Gasteiger partial charge in [-0.05, 0) is 30.7 Å². The third kappa shape index (κ3) is 2.38. The van der Waals surface area contributed by atoms with Crippen molar-refractivity contribution >= 4 is 0 Å². The van der Waals surface area contributed by atoms with E-state index >= 15 is 0 Å². The standard InChI is InChI=1S/C12H13FN2O/c1-12(16)7-15(8-12)6-10-2-9(5-14)3-11(13)4-10/h2-4,16H,6-8H2,1H3. The highest BCUT2D eigenvalue weighted by Crippen LogP contribution is 2.22. The van der Waals surface area contributed by atoms with Crippen LogP contribution in [-0.2, 0) is 6.54 Å². The number of nitrogens with zero attached hydrogens (tertiary/aromatic N) is 2. The predicted molar refractivity (Wildman–Crippen MR) is 57.0 cm³/mol. The summed E-state index contributed by atoms with van der Waals surface area (Å²) in [5.41, 5.74) is 0.486. The molecule has 4 heteroatoms. The van der Waals surface area contributed by atoms with Crippen molar-refractivity contribution in [2.45, 2.75) is 19.1 Å². The lowest BCUT2D eigenvalue weighted by Crippen LogP contribution is -2.59. The molecule has 16 heavy (non-hydrogen) atoms. The topological polar surface area (TPSA) is 47.3 Å². The molecular formula is C12H13FN2O. The van der Waals surface area contributed by atoms with E-state index in [-0.39, 0.29) is 5.82 Å². The van der Waals surface area contributed by atoms with E-state index in [0.717, 1.165) is 5.56 Å². The Balaban J connectivity index is 2.06. The van der Waals surface area contributed by atoms with E-state index in [1.54, 1.807) is 13.0 Å². The number of nitriles is 1. The number of aliphatic hydroxyl groups is 1. The van der Waals surface area contributed by atoms with Gasteiger partial charge in [0.25, 0.3) is 0 Å². The van der Waals surface area contributed by atoms with Crippen LogP contribution in [0.15, 0.2) is 18.2 Å². The van der Waals surface area contributed by atoms with E-state index in [0.29, 0.717) is 25.2 Å². The van der Waals surface area contributed by atoms with Gasteiger partial charge in [0.2, 0.25) is 0 Å². The van der Waals surface area contributed by atoms with Crippen LogP contribution in [0, 0.1) is 17.1 Å². The molecule has 0 aliphatic carbocycles. The first kappa shape index (κ1) is 11.1. The van der Waals surface area contributed by atoms with E-state index < -0.39 is 5.60 Å². The summed E-state index contributed by atoms with van der Waals surface area (Å²) in [4.78, 5) is 2.01. The highest BCUT2D eigenvalue weighted by Gasteiger charge is 2.36. The maximum atomic E-state index is 13.1. The van der Waals surface area contributed by atoms with Crippen molar-refractivity contribution < 1.29 is 9.50 Å². The smallest absolute Gasteiger partial charge is 0.124 e. The van der Waals surface area contributed by atoms with Crippen molar-refractivity contribution in [1.82, 2.24) is 4.90 Å². The molecule has 0 amide bonds. The fourth-order valence-corrected chi connectivity index (χ4v) is 2.09. The molecule has 0 atom stereocenters. The van der Waals surface area contributed by atoms with Crippen molar-refractivity contribution in [2.24, 2.45) is 0 Å². The first-order valence-electron chi connectivity index (χ1n) is 5.13. The average Bonchev–Trinajstić information content (AvgIpc) is 2.14. The van der Waals surface area contributed by atoms with E-state index in [9.17, 15) is 9.50 Å². The molecule has 1 N–H and O–H groups in total. The maximum absolute atomic E-state index is 13.1. The molecule has 1 aromatic rings. The molecule has 0 aromatic heterocycles. The average molecular weight is 220 g/mol. The van der Waals surface area contributed by atoms with Crippen molar-refractivity contribution in [3.05, 3.63) is 35.1 Å². The quantitative estimate of drug-likeness (QED) is 0.816. The Morgan fingerprint density at radius 2 is 2.19 bits per heavy atom. The van der Waals surface area contributed by atoms with Gasteiger partial charge in [0.05, 0.1) is 17.2 Å². The number of halogens is 1. The lowest BCUT2D eigenvalue weighted by atomic mass is 9.96. The van der Waals surface area contributed by atoms with Gasteiger partial charge in [-0.1, -0.05) is 0 Å². The van der Waals surface area contributed by atoms with Crippen LogP contribution < -0.4 is 0 Å². The van der Waals surface area contributed by atoms with E-state index in [2.05, 4.69) is 0 Å². The second-order valence-electron chi connectivity index (χ2n) is 4.60. The molecular weight excluding hydrogens is 207 g/mol. The van der Waals surface area contributed by atoms with Crippen LogP contribution in [0.3, 0.4) is 0 Å². The highest BCUT2D eigenvalue weighted by atomic mass is 19.1. The first-order chi connectivity index (χ1) is 7.48. The summed E-state index contributed by atoms with van der Waals surface area (Å²) in [5, 5.41) is 18.3. The minimum Gasteiger partial charge on any atom is -0.388 e. The molecule has 84 valence electrons. The molecule has 1 aromatic carbocycles. The largest absolute Gasteiger partial charge is 0.388 e. The number of likely N-dealkylation sites (tertiary alicyclic amines) is 1. The van der Waals surface area contributed by atoms with Gasteiger partial charge >= 0.3 is 0 Å². The van der Waals surface area contributed by atoms with Gasteiger partial charge in [-0.25, -0.2) is 4.39 Å². The second kappa shape index (κ2) is 3.85. The van der Waals surface area contributed by atoms with Gasteiger partial charge in [0.15, 0.2) is 0 Å². The van der Waals surface area contributed by atoms with E-state index in [1.807, 2.05) is 11.0 Å². The van der Waals surface area contributed by atoms with E-state index in [4.69, 9.17) is 5.26 Å². The molecule has 3 nitrogen and oxygen atoms in total. The van der Waals surface area contributed by atoms with Crippen molar-refractivity contribution in [3.63, 3.8) is 0 Å². The van der Waals surface area contributed by atoms with Crippen LogP contribution in [0.1, 0.15) is 18.1 Å². The van der Waals surface area contributed by atoms with E-state index in [1.165, 1.54) is 12.1 Å². The minimum absolute atomic E-state index is 0.335.